The van der Waals surface area contributed by atoms with Crippen LogP contribution in [0.5, 0.6) is 0 Å². The van der Waals surface area contributed by atoms with Crippen LogP contribution in [0, 0.1) is 6.92 Å². The van der Waals surface area contributed by atoms with E-state index in [0.29, 0.717) is 11.0 Å². The molecular formula is C15H22N2OS. The first-order valence-electron chi connectivity index (χ1n) is 6.91. The van der Waals surface area contributed by atoms with E-state index in [4.69, 9.17) is 18.0 Å². The standard InChI is InChI=1S/C15H22N2OS/c1-11-5-6-14(13(10-11)15(16)19)17-8-3-2-4-12(17)7-9-18/h5-6,10,12,18H,2-4,7-9H2,1H3,(H2,16,19). The average Bonchev–Trinajstić information content (AvgIpc) is 2.40. The number of thiocarbonyl (C=S) groups is 1. The fourth-order valence-corrected chi connectivity index (χ4v) is 3.03. The number of aliphatic hydroxyl groups is 1. The molecule has 4 heteroatoms. The van der Waals surface area contributed by atoms with Crippen molar-refractivity contribution in [3.63, 3.8) is 0 Å². The van der Waals surface area contributed by atoms with Crippen LogP contribution in [0.1, 0.15) is 36.8 Å². The van der Waals surface area contributed by atoms with Gasteiger partial charge in [-0.1, -0.05) is 23.8 Å². The summed E-state index contributed by atoms with van der Waals surface area (Å²) in [5.41, 5.74) is 9.11. The van der Waals surface area contributed by atoms with Crippen molar-refractivity contribution >= 4 is 22.9 Å². The lowest BCUT2D eigenvalue weighted by Gasteiger charge is -2.38. The Morgan fingerprint density at radius 2 is 2.26 bits per heavy atom. The van der Waals surface area contributed by atoms with Gasteiger partial charge in [-0.2, -0.15) is 0 Å². The Bertz CT molecular complexity index is 459. The molecule has 3 N–H and O–H groups in total. The van der Waals surface area contributed by atoms with Gasteiger partial charge in [-0.3, -0.25) is 0 Å². The minimum Gasteiger partial charge on any atom is -0.396 e. The zero-order valence-electron chi connectivity index (χ0n) is 11.4. The van der Waals surface area contributed by atoms with E-state index in [-0.39, 0.29) is 6.61 Å². The average molecular weight is 278 g/mol. The molecule has 0 bridgehead atoms. The van der Waals surface area contributed by atoms with Gasteiger partial charge in [-0.15, -0.1) is 0 Å². The largest absolute Gasteiger partial charge is 0.396 e. The van der Waals surface area contributed by atoms with Crippen molar-refractivity contribution in [2.75, 3.05) is 18.1 Å². The summed E-state index contributed by atoms with van der Waals surface area (Å²) in [7, 11) is 0. The van der Waals surface area contributed by atoms with Gasteiger partial charge in [0, 0.05) is 30.4 Å². The molecule has 0 aliphatic carbocycles. The van der Waals surface area contributed by atoms with Crippen molar-refractivity contribution in [2.45, 2.75) is 38.6 Å². The molecule has 104 valence electrons. The number of anilines is 1. The van der Waals surface area contributed by atoms with Crippen molar-refractivity contribution in [1.29, 1.82) is 0 Å². The number of nitrogens with two attached hydrogens (primary N) is 1. The van der Waals surface area contributed by atoms with Gasteiger partial charge in [0.25, 0.3) is 0 Å². The molecule has 0 saturated carbocycles. The van der Waals surface area contributed by atoms with E-state index in [9.17, 15) is 5.11 Å². The molecule has 19 heavy (non-hydrogen) atoms. The third kappa shape index (κ3) is 3.25. The first-order valence-corrected chi connectivity index (χ1v) is 7.32. The van der Waals surface area contributed by atoms with Crippen molar-refractivity contribution in [3.05, 3.63) is 29.3 Å². The van der Waals surface area contributed by atoms with Gasteiger partial charge in [0.05, 0.1) is 0 Å². The molecule has 0 aromatic heterocycles. The molecule has 0 radical (unpaired) electrons. The van der Waals surface area contributed by atoms with Crippen LogP contribution in [0.25, 0.3) is 0 Å². The maximum absolute atomic E-state index is 9.23. The second kappa shape index (κ2) is 6.35. The molecule has 1 saturated heterocycles. The van der Waals surface area contributed by atoms with Crippen LogP contribution in [0.3, 0.4) is 0 Å². The SMILES string of the molecule is Cc1ccc(N2CCCCC2CCO)c(C(N)=S)c1. The number of hydrogen-bond donors (Lipinski definition) is 2. The van der Waals surface area contributed by atoms with Gasteiger partial charge in [0.2, 0.25) is 0 Å². The Balaban J connectivity index is 2.35. The molecule has 1 fully saturated rings. The molecule has 0 amide bonds. The number of aryl methyl sites for hydroxylation is 1. The quantitative estimate of drug-likeness (QED) is 0.830. The number of aliphatic hydroxyl groups excluding tert-OH is 1. The topological polar surface area (TPSA) is 49.5 Å². The molecule has 2 rings (SSSR count). The van der Waals surface area contributed by atoms with Crippen LogP contribution in [0.4, 0.5) is 5.69 Å². The van der Waals surface area contributed by atoms with E-state index in [1.165, 1.54) is 18.4 Å². The Morgan fingerprint density at radius 3 is 2.95 bits per heavy atom. The molecule has 1 unspecified atom stereocenters. The lowest BCUT2D eigenvalue weighted by Crippen LogP contribution is -2.41. The fourth-order valence-electron chi connectivity index (χ4n) is 2.86. The molecule has 1 aliphatic rings. The van der Waals surface area contributed by atoms with Gasteiger partial charge >= 0.3 is 0 Å². The summed E-state index contributed by atoms with van der Waals surface area (Å²) in [6.45, 7) is 3.30. The fraction of sp³-hybridized carbons (Fsp3) is 0.533. The van der Waals surface area contributed by atoms with Gasteiger partial charge in [0.15, 0.2) is 0 Å². The monoisotopic (exact) mass is 278 g/mol. The highest BCUT2D eigenvalue weighted by Gasteiger charge is 2.24. The highest BCUT2D eigenvalue weighted by Crippen LogP contribution is 2.30. The Kier molecular flexibility index (Phi) is 4.77. The summed E-state index contributed by atoms with van der Waals surface area (Å²) < 4.78 is 0. The smallest absolute Gasteiger partial charge is 0.106 e. The van der Waals surface area contributed by atoms with Crippen molar-refractivity contribution in [2.24, 2.45) is 5.73 Å². The first-order chi connectivity index (χ1) is 9.13. The van der Waals surface area contributed by atoms with Gasteiger partial charge in [-0.05, 0) is 44.7 Å². The third-order valence-electron chi connectivity index (χ3n) is 3.82. The Morgan fingerprint density at radius 1 is 1.47 bits per heavy atom. The molecule has 3 nitrogen and oxygen atoms in total. The lowest BCUT2D eigenvalue weighted by atomic mass is 9.97. The summed E-state index contributed by atoms with van der Waals surface area (Å²) in [5, 5.41) is 9.23. The normalized spacial score (nSPS) is 19.5. The lowest BCUT2D eigenvalue weighted by molar-refractivity contribution is 0.262. The maximum Gasteiger partial charge on any atom is 0.106 e. The minimum absolute atomic E-state index is 0.232. The zero-order valence-corrected chi connectivity index (χ0v) is 12.2. The Hall–Kier alpha value is -1.13. The summed E-state index contributed by atoms with van der Waals surface area (Å²) in [5.74, 6) is 0. The molecule has 1 aromatic carbocycles. The Labute approximate surface area is 120 Å². The zero-order chi connectivity index (χ0) is 13.8. The highest BCUT2D eigenvalue weighted by atomic mass is 32.1. The third-order valence-corrected chi connectivity index (χ3v) is 4.04. The second-order valence-corrected chi connectivity index (χ2v) is 5.68. The van der Waals surface area contributed by atoms with E-state index in [1.54, 1.807) is 0 Å². The van der Waals surface area contributed by atoms with Gasteiger partial charge in [0.1, 0.15) is 4.99 Å². The molecule has 1 atom stereocenters. The summed E-state index contributed by atoms with van der Waals surface area (Å²) in [6, 6.07) is 6.67. The molecule has 0 spiro atoms. The van der Waals surface area contributed by atoms with Crippen molar-refractivity contribution in [1.82, 2.24) is 0 Å². The molecular weight excluding hydrogens is 256 g/mol. The molecule has 1 aliphatic heterocycles. The van der Waals surface area contributed by atoms with Gasteiger partial charge in [-0.25, -0.2) is 0 Å². The van der Waals surface area contributed by atoms with E-state index in [0.717, 1.165) is 30.6 Å². The van der Waals surface area contributed by atoms with E-state index < -0.39 is 0 Å². The van der Waals surface area contributed by atoms with E-state index in [1.807, 2.05) is 6.92 Å². The van der Waals surface area contributed by atoms with Gasteiger partial charge < -0.3 is 15.7 Å². The predicted molar refractivity (Wildman–Crippen MR) is 83.8 cm³/mol. The number of piperidine rings is 1. The van der Waals surface area contributed by atoms with Crippen LogP contribution in [0.2, 0.25) is 0 Å². The number of rotatable bonds is 4. The number of hydrogen-bond acceptors (Lipinski definition) is 3. The van der Waals surface area contributed by atoms with Crippen LogP contribution in [-0.4, -0.2) is 29.3 Å². The van der Waals surface area contributed by atoms with Crippen molar-refractivity contribution < 1.29 is 5.11 Å². The summed E-state index contributed by atoms with van der Waals surface area (Å²) in [6.07, 6.45) is 4.36. The number of benzene rings is 1. The predicted octanol–water partition coefficient (Wildman–Crippen LogP) is 2.37. The summed E-state index contributed by atoms with van der Waals surface area (Å²) >= 11 is 5.18. The molecule has 1 heterocycles. The van der Waals surface area contributed by atoms with E-state index >= 15 is 0 Å². The first kappa shape index (κ1) is 14.3. The van der Waals surface area contributed by atoms with Crippen LogP contribution >= 0.6 is 12.2 Å². The highest BCUT2D eigenvalue weighted by molar-refractivity contribution is 7.80. The van der Waals surface area contributed by atoms with Crippen LogP contribution < -0.4 is 10.6 Å². The van der Waals surface area contributed by atoms with Crippen LogP contribution in [0.15, 0.2) is 18.2 Å². The van der Waals surface area contributed by atoms with Crippen molar-refractivity contribution in [3.8, 4) is 0 Å². The maximum atomic E-state index is 9.23. The number of nitrogens with zero attached hydrogens (tertiary/aromatic N) is 1. The summed E-state index contributed by atoms with van der Waals surface area (Å²) in [4.78, 5) is 2.82. The van der Waals surface area contributed by atoms with Crippen LogP contribution in [-0.2, 0) is 0 Å². The van der Waals surface area contributed by atoms with E-state index in [2.05, 4.69) is 23.1 Å². The minimum atomic E-state index is 0.232. The molecule has 1 aromatic rings. The second-order valence-electron chi connectivity index (χ2n) is 5.24.